The van der Waals surface area contributed by atoms with Gasteiger partial charge in [-0.1, -0.05) is 20.3 Å². The van der Waals surface area contributed by atoms with Gasteiger partial charge in [-0.25, -0.2) is 9.78 Å². The van der Waals surface area contributed by atoms with Crippen LogP contribution in [-0.2, 0) is 30.4 Å². The van der Waals surface area contributed by atoms with E-state index in [1.807, 2.05) is 0 Å². The van der Waals surface area contributed by atoms with Crippen molar-refractivity contribution in [2.45, 2.75) is 63.7 Å². The minimum atomic E-state index is -1.53. The fraction of sp³-hybridized carbons (Fsp3) is 0.600. The van der Waals surface area contributed by atoms with Crippen molar-refractivity contribution in [2.24, 2.45) is 11.7 Å². The van der Waals surface area contributed by atoms with Crippen LogP contribution in [0.4, 0.5) is 0 Å². The van der Waals surface area contributed by atoms with E-state index < -0.39 is 72.8 Å². The lowest BCUT2D eigenvalue weighted by Gasteiger charge is -2.25. The summed E-state index contributed by atoms with van der Waals surface area (Å²) in [5.41, 5.74) is 6.42. The Balaban J connectivity index is 2.87. The summed E-state index contributed by atoms with van der Waals surface area (Å²) in [6, 6.07) is -5.22. The quantitative estimate of drug-likeness (QED) is 0.133. The van der Waals surface area contributed by atoms with Crippen molar-refractivity contribution in [1.82, 2.24) is 25.9 Å². The Kier molecular flexibility index (Phi) is 11.7. The van der Waals surface area contributed by atoms with Gasteiger partial charge in [-0.3, -0.25) is 19.2 Å². The molecule has 0 saturated heterocycles. The number of H-pyrrole nitrogens is 1. The number of nitrogens with zero attached hydrogens (tertiary/aromatic N) is 1. The van der Waals surface area contributed by atoms with Gasteiger partial charge >= 0.3 is 11.9 Å². The molecule has 0 aliphatic carbocycles. The molecule has 1 aromatic heterocycles. The van der Waals surface area contributed by atoms with Crippen molar-refractivity contribution in [3.8, 4) is 0 Å². The molecule has 9 N–H and O–H groups in total. The second-order valence-electron chi connectivity index (χ2n) is 7.83. The summed E-state index contributed by atoms with van der Waals surface area (Å²) >= 11 is 0. The minimum absolute atomic E-state index is 0.0764. The first-order valence-electron chi connectivity index (χ1n) is 10.7. The minimum Gasteiger partial charge on any atom is -0.481 e. The number of nitrogens with two attached hydrogens (primary N) is 1. The molecule has 14 nitrogen and oxygen atoms in total. The normalized spacial score (nSPS) is 15.3. The number of aromatic nitrogens is 2. The van der Waals surface area contributed by atoms with E-state index >= 15 is 0 Å². The number of carbonyl (C=O) groups excluding carboxylic acids is 3. The number of amides is 3. The lowest BCUT2D eigenvalue weighted by molar-refractivity contribution is -0.144. The average Bonchev–Trinajstić information content (AvgIpc) is 3.29. The van der Waals surface area contributed by atoms with Gasteiger partial charge in [-0.2, -0.15) is 0 Å². The van der Waals surface area contributed by atoms with Gasteiger partial charge in [0.1, 0.15) is 18.1 Å². The summed E-state index contributed by atoms with van der Waals surface area (Å²) in [7, 11) is 0. The highest BCUT2D eigenvalue weighted by Crippen LogP contribution is 2.08. The van der Waals surface area contributed by atoms with Gasteiger partial charge in [-0.05, 0) is 12.3 Å². The number of carboxylic acids is 2. The predicted octanol–water partition coefficient (Wildman–Crippen LogP) is -2.28. The number of hydrogen-bond donors (Lipinski definition) is 8. The smallest absolute Gasteiger partial charge is 0.326 e. The average molecular weight is 485 g/mol. The van der Waals surface area contributed by atoms with Gasteiger partial charge in [0.15, 0.2) is 0 Å². The number of aliphatic hydroxyl groups excluding tert-OH is 1. The third-order valence-corrected chi connectivity index (χ3v) is 5.20. The third-order valence-electron chi connectivity index (χ3n) is 5.20. The Hall–Kier alpha value is -3.52. The summed E-state index contributed by atoms with van der Waals surface area (Å²) in [5.74, 6) is -5.54. The zero-order chi connectivity index (χ0) is 25.8. The maximum absolute atomic E-state index is 12.7. The first kappa shape index (κ1) is 28.5. The number of carboxylic acid groups (broad SMARTS) is 2. The summed E-state index contributed by atoms with van der Waals surface area (Å²) in [5, 5.41) is 34.7. The molecule has 5 atom stereocenters. The zero-order valence-electron chi connectivity index (χ0n) is 19.0. The number of aliphatic carboxylic acids is 2. The molecule has 5 unspecified atom stereocenters. The van der Waals surface area contributed by atoms with Gasteiger partial charge in [0.25, 0.3) is 0 Å². The molecule has 3 amide bonds. The largest absolute Gasteiger partial charge is 0.481 e. The van der Waals surface area contributed by atoms with Crippen molar-refractivity contribution in [2.75, 3.05) is 6.61 Å². The number of carbonyl (C=O) groups is 5. The molecule has 1 rings (SSSR count). The SMILES string of the molecule is CCC(C)C(NC(=O)C(CO)NC(=O)C(CCC(=O)O)NC(=O)C(N)Cc1cnc[nH]1)C(=O)O. The number of aromatic amines is 1. The van der Waals surface area contributed by atoms with Gasteiger partial charge in [0.05, 0.1) is 19.0 Å². The van der Waals surface area contributed by atoms with Crippen LogP contribution in [0.1, 0.15) is 38.8 Å². The standard InChI is InChI=1S/C20H32N6O8/c1-3-10(2)16(20(33)34)26-19(32)14(8-27)25-18(31)13(4-5-15(28)29)24-17(30)12(21)6-11-7-22-9-23-11/h7,9-10,12-14,16,27H,3-6,8,21H2,1-2H3,(H,22,23)(H,24,30)(H,25,31)(H,26,32)(H,28,29)(H,33,34). The van der Waals surface area contributed by atoms with E-state index in [0.717, 1.165) is 0 Å². The van der Waals surface area contributed by atoms with Gasteiger partial charge in [0.2, 0.25) is 17.7 Å². The van der Waals surface area contributed by atoms with E-state index in [1.165, 1.54) is 12.5 Å². The second-order valence-corrected chi connectivity index (χ2v) is 7.83. The van der Waals surface area contributed by atoms with E-state index in [9.17, 15) is 34.2 Å². The lowest BCUT2D eigenvalue weighted by atomic mass is 9.99. The predicted molar refractivity (Wildman–Crippen MR) is 117 cm³/mol. The number of aliphatic hydroxyl groups is 1. The van der Waals surface area contributed by atoms with Crippen LogP contribution in [0, 0.1) is 5.92 Å². The molecule has 1 aromatic rings. The van der Waals surface area contributed by atoms with Crippen LogP contribution >= 0.6 is 0 Å². The van der Waals surface area contributed by atoms with Crippen LogP contribution < -0.4 is 21.7 Å². The Morgan fingerprint density at radius 3 is 2.18 bits per heavy atom. The van der Waals surface area contributed by atoms with Crippen LogP contribution in [-0.4, -0.2) is 85.7 Å². The molecule has 1 heterocycles. The Labute approximate surface area is 195 Å². The molecule has 0 saturated carbocycles. The monoisotopic (exact) mass is 484 g/mol. The van der Waals surface area contributed by atoms with Crippen molar-refractivity contribution >= 4 is 29.7 Å². The molecule has 0 spiro atoms. The Bertz CT molecular complexity index is 846. The molecule has 0 fully saturated rings. The molecule has 0 aromatic carbocycles. The fourth-order valence-corrected chi connectivity index (χ4v) is 2.94. The van der Waals surface area contributed by atoms with Gasteiger partial charge < -0.3 is 42.0 Å². The molecule has 0 aliphatic heterocycles. The highest BCUT2D eigenvalue weighted by atomic mass is 16.4. The number of rotatable bonds is 15. The van der Waals surface area contributed by atoms with Crippen molar-refractivity contribution in [1.29, 1.82) is 0 Å². The molecule has 0 bridgehead atoms. The topological polar surface area (TPSA) is 237 Å². The van der Waals surface area contributed by atoms with Crippen molar-refractivity contribution in [3.63, 3.8) is 0 Å². The Morgan fingerprint density at radius 2 is 1.68 bits per heavy atom. The van der Waals surface area contributed by atoms with Gasteiger partial charge in [0, 0.05) is 24.7 Å². The highest BCUT2D eigenvalue weighted by Gasteiger charge is 2.31. The van der Waals surface area contributed by atoms with Crippen LogP contribution in [0.5, 0.6) is 0 Å². The highest BCUT2D eigenvalue weighted by molar-refractivity contribution is 5.94. The van der Waals surface area contributed by atoms with E-state index in [4.69, 9.17) is 10.8 Å². The summed E-state index contributed by atoms with van der Waals surface area (Å²) in [4.78, 5) is 66.7. The summed E-state index contributed by atoms with van der Waals surface area (Å²) in [6.45, 7) is 2.50. The van der Waals surface area contributed by atoms with Crippen LogP contribution in [0.25, 0.3) is 0 Å². The van der Waals surface area contributed by atoms with E-state index in [0.29, 0.717) is 12.1 Å². The second kappa shape index (κ2) is 13.9. The number of hydrogen-bond acceptors (Lipinski definition) is 8. The molecule has 14 heteroatoms. The zero-order valence-corrected chi connectivity index (χ0v) is 19.0. The molecular formula is C20H32N6O8. The van der Waals surface area contributed by atoms with E-state index in [1.54, 1.807) is 13.8 Å². The molecule has 0 aliphatic rings. The van der Waals surface area contributed by atoms with Crippen molar-refractivity contribution < 1.29 is 39.3 Å². The fourth-order valence-electron chi connectivity index (χ4n) is 2.94. The number of nitrogens with one attached hydrogen (secondary N) is 4. The number of imidazole rings is 1. The molecule has 34 heavy (non-hydrogen) atoms. The Morgan fingerprint density at radius 1 is 1.06 bits per heavy atom. The first-order valence-corrected chi connectivity index (χ1v) is 10.7. The summed E-state index contributed by atoms with van der Waals surface area (Å²) < 4.78 is 0. The van der Waals surface area contributed by atoms with Crippen LogP contribution in [0.3, 0.4) is 0 Å². The lowest BCUT2D eigenvalue weighted by Crippen LogP contribution is -2.58. The van der Waals surface area contributed by atoms with E-state index in [-0.39, 0.29) is 12.8 Å². The van der Waals surface area contributed by atoms with E-state index in [2.05, 4.69) is 25.9 Å². The maximum atomic E-state index is 12.7. The van der Waals surface area contributed by atoms with Crippen LogP contribution in [0.2, 0.25) is 0 Å². The maximum Gasteiger partial charge on any atom is 0.326 e. The molecular weight excluding hydrogens is 452 g/mol. The van der Waals surface area contributed by atoms with Crippen molar-refractivity contribution in [3.05, 3.63) is 18.2 Å². The molecule has 190 valence electrons. The van der Waals surface area contributed by atoms with Gasteiger partial charge in [-0.15, -0.1) is 0 Å². The summed E-state index contributed by atoms with van der Waals surface area (Å²) in [6.07, 6.45) is 2.62. The third kappa shape index (κ3) is 9.15. The first-order chi connectivity index (χ1) is 16.0. The van der Waals surface area contributed by atoms with Crippen LogP contribution in [0.15, 0.2) is 12.5 Å². The molecule has 0 radical (unpaired) electrons.